The minimum atomic E-state index is -4.94. The zero-order valence-corrected chi connectivity index (χ0v) is 19.0. The number of amides is 1. The van der Waals surface area contributed by atoms with Crippen molar-refractivity contribution in [2.75, 3.05) is 19.0 Å². The van der Waals surface area contributed by atoms with Crippen LogP contribution in [0.4, 0.5) is 32.2 Å². The van der Waals surface area contributed by atoms with E-state index in [4.69, 9.17) is 4.74 Å². The van der Waals surface area contributed by atoms with Crippen molar-refractivity contribution in [3.63, 3.8) is 0 Å². The summed E-state index contributed by atoms with van der Waals surface area (Å²) in [5.74, 6) is -1.75. The number of aliphatic hydroxyl groups is 1. The molecule has 1 N–H and O–H groups in total. The second-order valence-electron chi connectivity index (χ2n) is 7.84. The van der Waals surface area contributed by atoms with Crippen molar-refractivity contribution in [3.05, 3.63) is 59.8 Å². The summed E-state index contributed by atoms with van der Waals surface area (Å²) in [6.07, 6.45) is -11.2. The van der Waals surface area contributed by atoms with Crippen LogP contribution in [0.15, 0.2) is 48.5 Å². The predicted octanol–water partition coefficient (Wildman–Crippen LogP) is 4.32. The lowest BCUT2D eigenvalue weighted by Crippen LogP contribution is -2.52. The summed E-state index contributed by atoms with van der Waals surface area (Å²) < 4.78 is 90.0. The number of imidazole rings is 1. The molecule has 2 aromatic carbocycles. The molecule has 15 heteroatoms. The Morgan fingerprint density at radius 3 is 2.11 bits per heavy atom. The molecule has 0 spiro atoms. The Morgan fingerprint density at radius 2 is 1.49 bits per heavy atom. The molecular weight excluding hydrogens is 514 g/mol. The highest BCUT2D eigenvalue weighted by Crippen LogP contribution is 2.36. The standard InChI is InChI=1S/C22H18F6N4O5/c1-30-17-16(18(33)31(2)20(30)34)32(11-12-6-8-13(9-7-12)36-21(23,24)25)19(29-17)35-14-4-3-5-15(10-14)37-22(26,27)28/h3-10,20,34H,11H2,1-2H3. The highest BCUT2D eigenvalue weighted by Gasteiger charge is 2.39. The molecule has 0 saturated carbocycles. The molecule has 4 rings (SSSR count). The highest BCUT2D eigenvalue weighted by molar-refractivity contribution is 5.99. The van der Waals surface area contributed by atoms with Gasteiger partial charge in [-0.3, -0.25) is 14.3 Å². The quantitative estimate of drug-likeness (QED) is 0.473. The Labute approximate surface area is 205 Å². The molecule has 9 nitrogen and oxygen atoms in total. The summed E-state index contributed by atoms with van der Waals surface area (Å²) in [5.41, 5.74) is 0.390. The van der Waals surface area contributed by atoms with Crippen molar-refractivity contribution in [2.45, 2.75) is 25.6 Å². The van der Waals surface area contributed by atoms with Crippen molar-refractivity contribution < 1.29 is 50.5 Å². The Morgan fingerprint density at radius 1 is 0.892 bits per heavy atom. The molecule has 1 unspecified atom stereocenters. The first-order chi connectivity index (χ1) is 17.2. The van der Waals surface area contributed by atoms with Gasteiger partial charge in [0.2, 0.25) is 6.35 Å². The number of carbonyl (C=O) groups is 1. The normalized spacial score (nSPS) is 16.0. The van der Waals surface area contributed by atoms with E-state index in [1.165, 1.54) is 47.8 Å². The second kappa shape index (κ2) is 9.38. The fourth-order valence-electron chi connectivity index (χ4n) is 3.56. The third kappa shape index (κ3) is 5.82. The molecular formula is C22H18F6N4O5. The number of rotatable bonds is 6. The minimum Gasteiger partial charge on any atom is -0.425 e. The number of halogens is 6. The van der Waals surface area contributed by atoms with Crippen LogP contribution in [-0.2, 0) is 6.54 Å². The smallest absolute Gasteiger partial charge is 0.425 e. The van der Waals surface area contributed by atoms with Gasteiger partial charge < -0.3 is 24.2 Å². The molecule has 1 aromatic heterocycles. The third-order valence-corrected chi connectivity index (χ3v) is 5.21. The van der Waals surface area contributed by atoms with Crippen LogP contribution in [0.25, 0.3) is 0 Å². The molecule has 37 heavy (non-hydrogen) atoms. The van der Waals surface area contributed by atoms with Crippen LogP contribution in [0.1, 0.15) is 16.1 Å². The van der Waals surface area contributed by atoms with E-state index in [-0.39, 0.29) is 29.8 Å². The van der Waals surface area contributed by atoms with E-state index < -0.39 is 36.5 Å². The van der Waals surface area contributed by atoms with Gasteiger partial charge in [0.15, 0.2) is 11.5 Å². The van der Waals surface area contributed by atoms with Crippen molar-refractivity contribution in [2.24, 2.45) is 0 Å². The van der Waals surface area contributed by atoms with E-state index in [2.05, 4.69) is 14.5 Å². The number of anilines is 1. The number of aromatic nitrogens is 2. The van der Waals surface area contributed by atoms with Gasteiger partial charge in [0, 0.05) is 20.2 Å². The number of hydrogen-bond acceptors (Lipinski definition) is 7. The van der Waals surface area contributed by atoms with Crippen LogP contribution >= 0.6 is 0 Å². The summed E-state index contributed by atoms with van der Waals surface area (Å²) in [4.78, 5) is 19.5. The van der Waals surface area contributed by atoms with Crippen LogP contribution < -0.4 is 19.1 Å². The Kier molecular flexibility index (Phi) is 6.58. The molecule has 1 atom stereocenters. The topological polar surface area (TPSA) is 89.3 Å². The van der Waals surface area contributed by atoms with Crippen molar-refractivity contribution >= 4 is 11.7 Å². The molecule has 0 bridgehead atoms. The van der Waals surface area contributed by atoms with Crippen LogP contribution in [0.3, 0.4) is 0 Å². The van der Waals surface area contributed by atoms with Crippen molar-refractivity contribution in [1.82, 2.24) is 14.5 Å². The average Bonchev–Trinajstić information content (AvgIpc) is 3.13. The zero-order chi connectivity index (χ0) is 27.1. The molecule has 0 saturated heterocycles. The molecule has 1 amide bonds. The number of ether oxygens (including phenoxy) is 3. The Balaban J connectivity index is 1.72. The van der Waals surface area contributed by atoms with E-state index in [0.717, 1.165) is 29.2 Å². The number of fused-ring (bicyclic) bond motifs is 1. The van der Waals surface area contributed by atoms with Gasteiger partial charge in [-0.25, -0.2) is 0 Å². The fraction of sp³-hybridized carbons (Fsp3) is 0.273. The molecule has 198 valence electrons. The summed E-state index contributed by atoms with van der Waals surface area (Å²) >= 11 is 0. The first kappa shape index (κ1) is 25.9. The molecule has 2 heterocycles. The molecule has 1 aliphatic heterocycles. The lowest BCUT2D eigenvalue weighted by molar-refractivity contribution is -0.275. The van der Waals surface area contributed by atoms with Crippen molar-refractivity contribution in [3.8, 4) is 23.3 Å². The SMILES string of the molecule is CN1C(=O)c2c(nc(Oc3cccc(OC(F)(F)F)c3)n2Cc2ccc(OC(F)(F)F)cc2)N(C)C1O. The second-order valence-corrected chi connectivity index (χ2v) is 7.84. The highest BCUT2D eigenvalue weighted by atomic mass is 19.4. The van der Waals surface area contributed by atoms with E-state index in [9.17, 15) is 36.2 Å². The monoisotopic (exact) mass is 532 g/mol. The molecule has 3 aromatic rings. The lowest BCUT2D eigenvalue weighted by atomic mass is 10.2. The number of nitrogens with zero attached hydrogens (tertiary/aromatic N) is 4. The zero-order valence-electron chi connectivity index (χ0n) is 19.0. The number of aliphatic hydroxyl groups excluding tert-OH is 1. The van der Waals surface area contributed by atoms with Crippen molar-refractivity contribution in [1.29, 1.82) is 0 Å². The fourth-order valence-corrected chi connectivity index (χ4v) is 3.56. The first-order valence-electron chi connectivity index (χ1n) is 10.4. The van der Waals surface area contributed by atoms with Gasteiger partial charge in [-0.1, -0.05) is 18.2 Å². The number of carbonyl (C=O) groups excluding carboxylic acids is 1. The summed E-state index contributed by atoms with van der Waals surface area (Å²) in [7, 11) is 2.79. The maximum atomic E-state index is 13.0. The lowest BCUT2D eigenvalue weighted by Gasteiger charge is -2.36. The maximum Gasteiger partial charge on any atom is 0.573 e. The van der Waals surface area contributed by atoms with Gasteiger partial charge in [-0.05, 0) is 29.8 Å². The van der Waals surface area contributed by atoms with Crippen LogP contribution in [-0.4, -0.2) is 58.6 Å². The molecule has 0 aliphatic carbocycles. The predicted molar refractivity (Wildman–Crippen MR) is 114 cm³/mol. The number of hydrogen-bond donors (Lipinski definition) is 1. The number of benzene rings is 2. The van der Waals surface area contributed by atoms with Gasteiger partial charge >= 0.3 is 18.7 Å². The maximum absolute atomic E-state index is 13.0. The first-order valence-corrected chi connectivity index (χ1v) is 10.4. The Bertz CT molecular complexity index is 1290. The summed E-state index contributed by atoms with van der Waals surface area (Å²) in [5, 5.41) is 10.3. The van der Waals surface area contributed by atoms with Gasteiger partial charge in [0.05, 0.1) is 6.54 Å². The van der Waals surface area contributed by atoms with E-state index in [0.29, 0.717) is 5.56 Å². The van der Waals surface area contributed by atoms with E-state index >= 15 is 0 Å². The van der Waals surface area contributed by atoms with E-state index in [1.807, 2.05) is 0 Å². The summed E-state index contributed by atoms with van der Waals surface area (Å²) in [6, 6.07) is 9.17. The van der Waals surface area contributed by atoms with Crippen LogP contribution in [0.5, 0.6) is 23.3 Å². The largest absolute Gasteiger partial charge is 0.573 e. The third-order valence-electron chi connectivity index (χ3n) is 5.21. The molecule has 0 radical (unpaired) electrons. The van der Waals surface area contributed by atoms with Crippen LogP contribution in [0.2, 0.25) is 0 Å². The van der Waals surface area contributed by atoms with Gasteiger partial charge in [0.25, 0.3) is 5.91 Å². The molecule has 0 fully saturated rings. The molecule has 1 aliphatic rings. The average molecular weight is 532 g/mol. The van der Waals surface area contributed by atoms with E-state index in [1.54, 1.807) is 0 Å². The van der Waals surface area contributed by atoms with Gasteiger partial charge in [0.1, 0.15) is 17.2 Å². The van der Waals surface area contributed by atoms with Crippen LogP contribution in [0, 0.1) is 0 Å². The van der Waals surface area contributed by atoms with Gasteiger partial charge in [-0.15, -0.1) is 26.3 Å². The van der Waals surface area contributed by atoms with Gasteiger partial charge in [-0.2, -0.15) is 4.98 Å². The number of alkyl halides is 6. The Hall–Kier alpha value is -4.14. The summed E-state index contributed by atoms with van der Waals surface area (Å²) in [6.45, 7) is -0.133. The minimum absolute atomic E-state index is 0.0188.